The Balaban J connectivity index is 1.57. The molecule has 1 N–H and O–H groups in total. The second-order valence-corrected chi connectivity index (χ2v) is 9.56. The maximum Gasteiger partial charge on any atom is 0.254 e. The van der Waals surface area contributed by atoms with Gasteiger partial charge >= 0.3 is 0 Å². The van der Waals surface area contributed by atoms with Crippen LogP contribution in [0, 0.1) is 0 Å². The minimum absolute atomic E-state index is 0.0865. The molecular formula is C18H27N2O3S+. The van der Waals surface area contributed by atoms with Crippen LogP contribution in [0.25, 0.3) is 0 Å². The minimum atomic E-state index is -2.83. The summed E-state index contributed by atoms with van der Waals surface area (Å²) < 4.78 is 23.3. The normalized spacial score (nSPS) is 24.5. The Labute approximate surface area is 144 Å². The SMILES string of the molecule is CC(C)c1ccc(C(=O)N2CC[NH+]([C@@H]3CCS(=O)(=O)C3)CC2)cc1. The van der Waals surface area contributed by atoms with Crippen LogP contribution in [0.5, 0.6) is 0 Å². The first-order valence-corrected chi connectivity index (χ1v) is 10.6. The van der Waals surface area contributed by atoms with E-state index in [1.54, 1.807) is 0 Å². The third-order valence-corrected chi connectivity index (χ3v) is 7.09. The quantitative estimate of drug-likeness (QED) is 0.854. The smallest absolute Gasteiger partial charge is 0.254 e. The lowest BCUT2D eigenvalue weighted by molar-refractivity contribution is -0.925. The molecule has 2 fully saturated rings. The molecule has 3 rings (SSSR count). The number of piperazine rings is 1. The zero-order chi connectivity index (χ0) is 17.3. The summed E-state index contributed by atoms with van der Waals surface area (Å²) >= 11 is 0. The number of amides is 1. The summed E-state index contributed by atoms with van der Waals surface area (Å²) in [6.45, 7) is 7.38. The topological polar surface area (TPSA) is 58.9 Å². The van der Waals surface area contributed by atoms with Gasteiger partial charge in [-0.3, -0.25) is 4.79 Å². The molecule has 0 aliphatic carbocycles. The van der Waals surface area contributed by atoms with Crippen LogP contribution in [-0.4, -0.2) is 63.0 Å². The molecule has 0 bridgehead atoms. The summed E-state index contributed by atoms with van der Waals surface area (Å²) in [5.41, 5.74) is 1.98. The number of quaternary nitrogens is 1. The fraction of sp³-hybridized carbons (Fsp3) is 0.611. The van der Waals surface area contributed by atoms with E-state index >= 15 is 0 Å². The molecule has 24 heavy (non-hydrogen) atoms. The molecule has 6 heteroatoms. The molecule has 5 nitrogen and oxygen atoms in total. The number of nitrogens with zero attached hydrogens (tertiary/aromatic N) is 1. The monoisotopic (exact) mass is 351 g/mol. The number of hydrogen-bond donors (Lipinski definition) is 1. The van der Waals surface area contributed by atoms with E-state index in [0.29, 0.717) is 30.5 Å². The van der Waals surface area contributed by atoms with E-state index in [4.69, 9.17) is 0 Å². The van der Waals surface area contributed by atoms with E-state index in [2.05, 4.69) is 13.8 Å². The zero-order valence-electron chi connectivity index (χ0n) is 14.5. The number of benzene rings is 1. The molecular weight excluding hydrogens is 324 g/mol. The summed E-state index contributed by atoms with van der Waals surface area (Å²) in [6.07, 6.45) is 0.766. The summed E-state index contributed by atoms with van der Waals surface area (Å²) in [5, 5.41) is 0. The van der Waals surface area contributed by atoms with E-state index in [-0.39, 0.29) is 11.9 Å². The van der Waals surface area contributed by atoms with E-state index in [1.807, 2.05) is 29.2 Å². The van der Waals surface area contributed by atoms with Crippen molar-refractivity contribution in [2.45, 2.75) is 32.2 Å². The number of rotatable bonds is 3. The molecule has 0 spiro atoms. The summed E-state index contributed by atoms with van der Waals surface area (Å²) in [4.78, 5) is 15.9. The molecule has 1 atom stereocenters. The Morgan fingerprint density at radius 3 is 2.29 bits per heavy atom. The summed E-state index contributed by atoms with van der Waals surface area (Å²) in [7, 11) is -2.83. The Morgan fingerprint density at radius 1 is 1.17 bits per heavy atom. The average molecular weight is 351 g/mol. The van der Waals surface area contributed by atoms with Crippen LogP contribution in [0.2, 0.25) is 0 Å². The Morgan fingerprint density at radius 2 is 1.79 bits per heavy atom. The molecule has 0 saturated carbocycles. The fourth-order valence-corrected chi connectivity index (χ4v) is 5.54. The third-order valence-electron chi connectivity index (χ3n) is 5.33. The van der Waals surface area contributed by atoms with E-state index in [0.717, 1.165) is 25.1 Å². The molecule has 1 aromatic carbocycles. The molecule has 0 aromatic heterocycles. The molecule has 132 valence electrons. The Bertz CT molecular complexity index is 689. The van der Waals surface area contributed by atoms with Gasteiger partial charge in [-0.05, 0) is 23.6 Å². The van der Waals surface area contributed by atoms with Gasteiger partial charge in [-0.15, -0.1) is 0 Å². The lowest BCUT2D eigenvalue weighted by atomic mass is 10.0. The highest BCUT2D eigenvalue weighted by atomic mass is 32.2. The second kappa shape index (κ2) is 6.84. The lowest BCUT2D eigenvalue weighted by Gasteiger charge is -2.35. The van der Waals surface area contributed by atoms with Crippen molar-refractivity contribution in [2.75, 3.05) is 37.7 Å². The molecule has 1 aromatic rings. The van der Waals surface area contributed by atoms with Gasteiger partial charge in [-0.1, -0.05) is 26.0 Å². The number of nitrogens with one attached hydrogen (secondary N) is 1. The molecule has 0 radical (unpaired) electrons. The van der Waals surface area contributed by atoms with Crippen LogP contribution in [0.3, 0.4) is 0 Å². The molecule has 2 aliphatic rings. The van der Waals surface area contributed by atoms with Gasteiger partial charge in [-0.25, -0.2) is 8.42 Å². The van der Waals surface area contributed by atoms with Gasteiger partial charge in [0.05, 0.1) is 31.9 Å². The number of carbonyl (C=O) groups excluding carboxylic acids is 1. The summed E-state index contributed by atoms with van der Waals surface area (Å²) in [6, 6.07) is 8.12. The minimum Gasteiger partial charge on any atom is -0.329 e. The number of hydrogen-bond acceptors (Lipinski definition) is 3. The molecule has 1 amide bonds. The van der Waals surface area contributed by atoms with Crippen molar-refractivity contribution in [2.24, 2.45) is 0 Å². The van der Waals surface area contributed by atoms with Gasteiger partial charge in [-0.2, -0.15) is 0 Å². The molecule has 2 saturated heterocycles. The predicted molar refractivity (Wildman–Crippen MR) is 94.2 cm³/mol. The van der Waals surface area contributed by atoms with Crippen molar-refractivity contribution >= 4 is 15.7 Å². The van der Waals surface area contributed by atoms with Crippen molar-refractivity contribution in [3.63, 3.8) is 0 Å². The van der Waals surface area contributed by atoms with Crippen LogP contribution in [0.1, 0.15) is 42.1 Å². The van der Waals surface area contributed by atoms with Crippen LogP contribution in [0.4, 0.5) is 0 Å². The van der Waals surface area contributed by atoms with Gasteiger partial charge in [0.2, 0.25) is 0 Å². The largest absolute Gasteiger partial charge is 0.329 e. The number of sulfone groups is 1. The first-order chi connectivity index (χ1) is 11.4. The average Bonchev–Trinajstić information content (AvgIpc) is 2.94. The van der Waals surface area contributed by atoms with E-state index < -0.39 is 9.84 Å². The van der Waals surface area contributed by atoms with Crippen LogP contribution in [-0.2, 0) is 9.84 Å². The Hall–Kier alpha value is -1.40. The summed E-state index contributed by atoms with van der Waals surface area (Å²) in [5.74, 6) is 1.19. The number of carbonyl (C=O) groups is 1. The molecule has 2 aliphatic heterocycles. The van der Waals surface area contributed by atoms with Crippen molar-refractivity contribution in [1.29, 1.82) is 0 Å². The van der Waals surface area contributed by atoms with Gasteiger partial charge < -0.3 is 9.80 Å². The standard InChI is InChI=1S/C18H26N2O3S/c1-14(2)15-3-5-16(6-4-15)18(21)20-10-8-19(9-11-20)17-7-12-24(22,23)13-17/h3-6,14,17H,7-13H2,1-2H3/p+1/t17-/m1/s1. The van der Waals surface area contributed by atoms with E-state index in [1.165, 1.54) is 10.5 Å². The van der Waals surface area contributed by atoms with Crippen LogP contribution < -0.4 is 4.90 Å². The van der Waals surface area contributed by atoms with Crippen molar-refractivity contribution in [1.82, 2.24) is 4.90 Å². The van der Waals surface area contributed by atoms with Crippen molar-refractivity contribution in [3.05, 3.63) is 35.4 Å². The maximum atomic E-state index is 12.6. The van der Waals surface area contributed by atoms with Crippen LogP contribution >= 0.6 is 0 Å². The van der Waals surface area contributed by atoms with Gasteiger partial charge in [0.15, 0.2) is 9.84 Å². The van der Waals surface area contributed by atoms with Gasteiger partial charge in [0, 0.05) is 12.0 Å². The van der Waals surface area contributed by atoms with E-state index in [9.17, 15) is 13.2 Å². The third kappa shape index (κ3) is 3.81. The van der Waals surface area contributed by atoms with Crippen molar-refractivity contribution < 1.29 is 18.1 Å². The second-order valence-electron chi connectivity index (χ2n) is 7.33. The molecule has 2 heterocycles. The highest BCUT2D eigenvalue weighted by Gasteiger charge is 2.37. The zero-order valence-corrected chi connectivity index (χ0v) is 15.3. The Kier molecular flexibility index (Phi) is 4.97. The highest BCUT2D eigenvalue weighted by Crippen LogP contribution is 2.16. The van der Waals surface area contributed by atoms with Crippen LogP contribution in [0.15, 0.2) is 24.3 Å². The fourth-order valence-electron chi connectivity index (χ4n) is 3.72. The first kappa shape index (κ1) is 17.4. The molecule has 0 unspecified atom stereocenters. The lowest BCUT2D eigenvalue weighted by Crippen LogP contribution is -3.18. The maximum absolute atomic E-state index is 12.6. The first-order valence-electron chi connectivity index (χ1n) is 8.80. The van der Waals surface area contributed by atoms with Gasteiger partial charge in [0.25, 0.3) is 5.91 Å². The van der Waals surface area contributed by atoms with Gasteiger partial charge in [0.1, 0.15) is 11.8 Å². The predicted octanol–water partition coefficient (Wildman–Crippen LogP) is 0.338. The van der Waals surface area contributed by atoms with Crippen molar-refractivity contribution in [3.8, 4) is 0 Å². The highest BCUT2D eigenvalue weighted by molar-refractivity contribution is 7.91.